The molecule has 0 amide bonds. The minimum absolute atomic E-state index is 0.0746. The van der Waals surface area contributed by atoms with Gasteiger partial charge in [-0.1, -0.05) is 24.3 Å². The molecule has 8 nitrogen and oxygen atoms in total. The maximum Gasteiger partial charge on any atom is 0.220 e. The third kappa shape index (κ3) is 6.07. The molecule has 2 aromatic carbocycles. The summed E-state index contributed by atoms with van der Waals surface area (Å²) in [5.74, 6) is 1.44. The van der Waals surface area contributed by atoms with E-state index in [0.29, 0.717) is 11.5 Å². The van der Waals surface area contributed by atoms with Crippen LogP contribution in [0.4, 0.5) is 0 Å². The van der Waals surface area contributed by atoms with Crippen LogP contribution in [0.2, 0.25) is 0 Å². The van der Waals surface area contributed by atoms with Gasteiger partial charge >= 0.3 is 0 Å². The molecule has 176 valence electrons. The fourth-order valence-electron chi connectivity index (χ4n) is 3.27. The zero-order chi connectivity index (χ0) is 24.0. The van der Waals surface area contributed by atoms with E-state index in [1.54, 1.807) is 50.9 Å². The molecule has 1 aromatic heterocycles. The SMILES string of the molecule is COc1ccc(CN(Cc2ccc(OC)cc2)S(=O)(=O)[C@H](C)[C@H](O)c2ncc(C)cn2)cc1. The van der Waals surface area contributed by atoms with Crippen LogP contribution in [0.15, 0.2) is 60.9 Å². The Morgan fingerprint density at radius 2 is 1.30 bits per heavy atom. The summed E-state index contributed by atoms with van der Waals surface area (Å²) < 4.78 is 39.0. The Kier molecular flexibility index (Phi) is 8.01. The largest absolute Gasteiger partial charge is 0.497 e. The Morgan fingerprint density at radius 3 is 1.70 bits per heavy atom. The van der Waals surface area contributed by atoms with E-state index in [2.05, 4.69) is 9.97 Å². The smallest absolute Gasteiger partial charge is 0.220 e. The van der Waals surface area contributed by atoms with Crippen molar-refractivity contribution in [2.75, 3.05) is 14.2 Å². The molecule has 0 bridgehead atoms. The molecule has 3 aromatic rings. The summed E-state index contributed by atoms with van der Waals surface area (Å²) in [5.41, 5.74) is 2.41. The fraction of sp³-hybridized carbons (Fsp3) is 0.333. The quantitative estimate of drug-likeness (QED) is 0.484. The van der Waals surface area contributed by atoms with Crippen LogP contribution in [0.25, 0.3) is 0 Å². The minimum Gasteiger partial charge on any atom is -0.497 e. The first-order valence-corrected chi connectivity index (χ1v) is 12.0. The lowest BCUT2D eigenvalue weighted by atomic mass is 10.2. The van der Waals surface area contributed by atoms with Gasteiger partial charge in [0.25, 0.3) is 0 Å². The molecule has 0 fully saturated rings. The second-order valence-electron chi connectivity index (χ2n) is 7.78. The summed E-state index contributed by atoms with van der Waals surface area (Å²) in [6.45, 7) is 3.55. The summed E-state index contributed by atoms with van der Waals surface area (Å²) in [4.78, 5) is 8.21. The molecule has 3 rings (SSSR count). The van der Waals surface area contributed by atoms with E-state index < -0.39 is 21.4 Å². The van der Waals surface area contributed by atoms with Gasteiger partial charge in [-0.3, -0.25) is 0 Å². The monoisotopic (exact) mass is 471 g/mol. The maximum absolute atomic E-state index is 13.6. The molecular weight excluding hydrogens is 442 g/mol. The fourth-order valence-corrected chi connectivity index (χ4v) is 4.84. The van der Waals surface area contributed by atoms with Crippen molar-refractivity contribution in [2.24, 2.45) is 0 Å². The predicted molar refractivity (Wildman–Crippen MR) is 125 cm³/mol. The number of methoxy groups -OCH3 is 2. The van der Waals surface area contributed by atoms with Gasteiger partial charge in [0.05, 0.1) is 14.2 Å². The lowest BCUT2D eigenvalue weighted by Crippen LogP contribution is -2.40. The zero-order valence-electron chi connectivity index (χ0n) is 19.2. The molecule has 0 aliphatic heterocycles. The van der Waals surface area contributed by atoms with Crippen LogP contribution in [-0.4, -0.2) is 47.3 Å². The molecule has 1 heterocycles. The summed E-state index contributed by atoms with van der Waals surface area (Å²) in [7, 11) is -0.795. The molecule has 0 saturated carbocycles. The van der Waals surface area contributed by atoms with Crippen molar-refractivity contribution in [2.45, 2.75) is 38.3 Å². The van der Waals surface area contributed by atoms with E-state index in [1.165, 1.54) is 11.2 Å². The van der Waals surface area contributed by atoms with Gasteiger partial charge in [-0.15, -0.1) is 0 Å². The molecule has 1 N–H and O–H groups in total. The summed E-state index contributed by atoms with van der Waals surface area (Å²) in [6, 6.07) is 14.4. The Hall–Kier alpha value is -3.01. The summed E-state index contributed by atoms with van der Waals surface area (Å²) >= 11 is 0. The van der Waals surface area contributed by atoms with Crippen molar-refractivity contribution in [1.82, 2.24) is 14.3 Å². The van der Waals surface area contributed by atoms with Gasteiger partial charge in [0.15, 0.2) is 5.82 Å². The van der Waals surface area contributed by atoms with E-state index in [0.717, 1.165) is 16.7 Å². The molecule has 0 spiro atoms. The highest BCUT2D eigenvalue weighted by Gasteiger charge is 2.36. The number of ether oxygens (including phenoxy) is 2. The van der Waals surface area contributed by atoms with Gasteiger partial charge in [-0.05, 0) is 54.8 Å². The lowest BCUT2D eigenvalue weighted by Gasteiger charge is -2.28. The highest BCUT2D eigenvalue weighted by atomic mass is 32.2. The molecule has 0 saturated heterocycles. The van der Waals surface area contributed by atoms with Crippen molar-refractivity contribution >= 4 is 10.0 Å². The van der Waals surface area contributed by atoms with Crippen molar-refractivity contribution in [3.63, 3.8) is 0 Å². The van der Waals surface area contributed by atoms with E-state index in [1.807, 2.05) is 31.2 Å². The third-order valence-corrected chi connectivity index (χ3v) is 7.55. The Bertz CT molecular complexity index is 1080. The number of sulfonamides is 1. The first-order valence-electron chi connectivity index (χ1n) is 10.5. The molecule has 9 heteroatoms. The minimum atomic E-state index is -3.95. The topological polar surface area (TPSA) is 102 Å². The Labute approximate surface area is 194 Å². The molecule has 0 radical (unpaired) electrons. The predicted octanol–water partition coefficient (Wildman–Crippen LogP) is 3.26. The van der Waals surface area contributed by atoms with E-state index in [9.17, 15) is 13.5 Å². The molecular formula is C24H29N3O5S. The molecule has 33 heavy (non-hydrogen) atoms. The van der Waals surface area contributed by atoms with Crippen LogP contribution in [-0.2, 0) is 23.1 Å². The van der Waals surface area contributed by atoms with Gasteiger partial charge < -0.3 is 14.6 Å². The number of aromatic nitrogens is 2. The van der Waals surface area contributed by atoms with Gasteiger partial charge in [-0.25, -0.2) is 18.4 Å². The highest BCUT2D eigenvalue weighted by Crippen LogP contribution is 2.26. The van der Waals surface area contributed by atoms with Crippen molar-refractivity contribution in [1.29, 1.82) is 0 Å². The average Bonchev–Trinajstić information content (AvgIpc) is 2.84. The second-order valence-corrected chi connectivity index (χ2v) is 10.1. The zero-order valence-corrected chi connectivity index (χ0v) is 20.0. The Balaban J connectivity index is 1.91. The van der Waals surface area contributed by atoms with E-state index in [-0.39, 0.29) is 18.9 Å². The highest BCUT2D eigenvalue weighted by molar-refractivity contribution is 7.89. The molecule has 2 atom stereocenters. The van der Waals surface area contributed by atoms with E-state index >= 15 is 0 Å². The third-order valence-electron chi connectivity index (χ3n) is 5.38. The maximum atomic E-state index is 13.6. The van der Waals surface area contributed by atoms with Gasteiger partial charge in [-0.2, -0.15) is 4.31 Å². The number of nitrogens with zero attached hydrogens (tertiary/aromatic N) is 3. The number of aryl methyl sites for hydroxylation is 1. The number of hydrogen-bond donors (Lipinski definition) is 1. The van der Waals surface area contributed by atoms with Crippen molar-refractivity contribution in [3.05, 3.63) is 83.4 Å². The number of rotatable bonds is 10. The van der Waals surface area contributed by atoms with Crippen LogP contribution < -0.4 is 9.47 Å². The molecule has 0 aliphatic carbocycles. The lowest BCUT2D eigenvalue weighted by molar-refractivity contribution is 0.162. The first kappa shape index (κ1) is 24.6. The van der Waals surface area contributed by atoms with Crippen LogP contribution in [0.5, 0.6) is 11.5 Å². The summed E-state index contributed by atoms with van der Waals surface area (Å²) in [6.07, 6.45) is 1.74. The number of aliphatic hydroxyl groups is 1. The number of benzene rings is 2. The van der Waals surface area contributed by atoms with Crippen LogP contribution in [0, 0.1) is 6.92 Å². The van der Waals surface area contributed by atoms with Gasteiger partial charge in [0.2, 0.25) is 10.0 Å². The number of hydrogen-bond acceptors (Lipinski definition) is 7. The molecule has 0 unspecified atom stereocenters. The Morgan fingerprint density at radius 1 is 0.879 bits per heavy atom. The van der Waals surface area contributed by atoms with Crippen LogP contribution >= 0.6 is 0 Å². The second kappa shape index (κ2) is 10.7. The summed E-state index contributed by atoms with van der Waals surface area (Å²) in [5, 5.41) is 9.61. The van der Waals surface area contributed by atoms with Crippen LogP contribution in [0.1, 0.15) is 35.5 Å². The standard InChI is InChI=1S/C24H29N3O5S/c1-17-13-25-24(26-14-17)23(28)18(2)33(29,30)27(15-19-5-9-21(31-3)10-6-19)16-20-7-11-22(32-4)12-8-20/h5-14,18,23,28H,15-16H2,1-4H3/t18-,23+/m1/s1. The van der Waals surface area contributed by atoms with Gasteiger partial charge in [0.1, 0.15) is 22.9 Å². The van der Waals surface area contributed by atoms with Gasteiger partial charge in [0, 0.05) is 25.5 Å². The van der Waals surface area contributed by atoms with Crippen molar-refractivity contribution in [3.8, 4) is 11.5 Å². The first-order chi connectivity index (χ1) is 15.7. The van der Waals surface area contributed by atoms with Crippen molar-refractivity contribution < 1.29 is 23.0 Å². The average molecular weight is 472 g/mol. The van der Waals surface area contributed by atoms with Crippen LogP contribution in [0.3, 0.4) is 0 Å². The van der Waals surface area contributed by atoms with E-state index in [4.69, 9.17) is 9.47 Å². The molecule has 0 aliphatic rings. The normalized spacial score (nSPS) is 13.5. The number of aliphatic hydroxyl groups excluding tert-OH is 1.